The Balaban J connectivity index is 2.81. The zero-order valence-corrected chi connectivity index (χ0v) is 11.9. The summed E-state index contributed by atoms with van der Waals surface area (Å²) < 4.78 is 32.5. The van der Waals surface area contributed by atoms with Crippen LogP contribution in [-0.4, -0.2) is 18.2 Å². The summed E-state index contributed by atoms with van der Waals surface area (Å²) in [5, 5.41) is 2.43. The van der Waals surface area contributed by atoms with Gasteiger partial charge in [0.05, 0.1) is 0 Å². The molecule has 0 unspecified atom stereocenters. The topological polar surface area (TPSA) is 64.3 Å². The van der Waals surface area contributed by atoms with Gasteiger partial charge in [0.15, 0.2) is 0 Å². The molecule has 1 amide bonds. The summed E-state index contributed by atoms with van der Waals surface area (Å²) in [4.78, 5) is 11.6. The maximum absolute atomic E-state index is 13.7. The fourth-order valence-electron chi connectivity index (χ4n) is 1.57. The largest absolute Gasteiger partial charge is 0.444 e. The number of nitrogens with two attached hydrogens (primary N) is 1. The van der Waals surface area contributed by atoms with Crippen molar-refractivity contribution in [3.8, 4) is 0 Å². The highest BCUT2D eigenvalue weighted by Gasteiger charge is 2.30. The molecule has 0 saturated heterocycles. The Morgan fingerprint density at radius 3 is 2.55 bits per heavy atom. The first-order valence-corrected chi connectivity index (χ1v) is 6.32. The molecule has 0 atom stereocenters. The molecule has 0 aliphatic heterocycles. The first-order chi connectivity index (χ1) is 9.14. The molecule has 1 aromatic rings. The predicted molar refractivity (Wildman–Crippen MR) is 73.9 cm³/mol. The van der Waals surface area contributed by atoms with Gasteiger partial charge in [-0.15, -0.1) is 0 Å². The lowest BCUT2D eigenvalue weighted by Gasteiger charge is -2.20. The summed E-state index contributed by atoms with van der Waals surface area (Å²) in [7, 11) is 0. The van der Waals surface area contributed by atoms with Crippen molar-refractivity contribution in [2.75, 3.05) is 11.9 Å². The number of amides is 1. The third-order valence-electron chi connectivity index (χ3n) is 2.39. The van der Waals surface area contributed by atoms with E-state index in [1.165, 1.54) is 24.3 Å². The number of ether oxygens (including phenoxy) is 1. The number of carbonyl (C=O) groups excluding carboxylic acids is 1. The van der Waals surface area contributed by atoms with Crippen molar-refractivity contribution in [1.82, 2.24) is 0 Å². The molecular formula is C14H20F2N2O2. The minimum Gasteiger partial charge on any atom is -0.444 e. The quantitative estimate of drug-likeness (QED) is 0.890. The summed E-state index contributed by atoms with van der Waals surface area (Å²) in [6.07, 6.45) is -1.13. The number of anilines is 1. The predicted octanol–water partition coefficient (Wildman–Crippen LogP) is 3.47. The highest BCUT2D eigenvalue weighted by molar-refractivity contribution is 5.84. The first-order valence-electron chi connectivity index (χ1n) is 6.32. The van der Waals surface area contributed by atoms with Crippen molar-refractivity contribution in [2.24, 2.45) is 5.73 Å². The van der Waals surface area contributed by atoms with Crippen molar-refractivity contribution in [3.05, 3.63) is 29.8 Å². The monoisotopic (exact) mass is 286 g/mol. The molecule has 0 aromatic heterocycles. The van der Waals surface area contributed by atoms with Gasteiger partial charge in [0.25, 0.3) is 5.92 Å². The maximum Gasteiger partial charge on any atom is 0.412 e. The smallest absolute Gasteiger partial charge is 0.412 e. The van der Waals surface area contributed by atoms with Crippen molar-refractivity contribution in [3.63, 3.8) is 0 Å². The van der Waals surface area contributed by atoms with Crippen LogP contribution in [0.2, 0.25) is 0 Å². The average Bonchev–Trinajstić information content (AvgIpc) is 2.26. The summed E-state index contributed by atoms with van der Waals surface area (Å²) in [6, 6.07) is 5.49. The molecule has 4 nitrogen and oxygen atoms in total. The molecule has 0 bridgehead atoms. The second-order valence-corrected chi connectivity index (χ2v) is 5.45. The third kappa shape index (κ3) is 5.13. The number of rotatable bonds is 4. The molecule has 0 saturated carbocycles. The van der Waals surface area contributed by atoms with Gasteiger partial charge in [0.1, 0.15) is 5.60 Å². The Kier molecular flexibility index (Phi) is 5.05. The number of halogens is 2. The highest BCUT2D eigenvalue weighted by Crippen LogP contribution is 2.32. The maximum atomic E-state index is 13.7. The molecular weight excluding hydrogens is 266 g/mol. The minimum atomic E-state index is -3.01. The molecule has 20 heavy (non-hydrogen) atoms. The SMILES string of the molecule is CC(C)(C)OC(=O)Nc1cccc(C(F)(F)CCN)c1. The van der Waals surface area contributed by atoms with Crippen molar-refractivity contribution in [2.45, 2.75) is 38.7 Å². The fourth-order valence-corrected chi connectivity index (χ4v) is 1.57. The second-order valence-electron chi connectivity index (χ2n) is 5.45. The molecule has 0 heterocycles. The number of hydrogen-bond acceptors (Lipinski definition) is 3. The molecule has 0 spiro atoms. The van der Waals surface area contributed by atoms with Crippen molar-refractivity contribution < 1.29 is 18.3 Å². The van der Waals surface area contributed by atoms with Crippen LogP contribution >= 0.6 is 0 Å². The Bertz CT molecular complexity index is 470. The Hall–Kier alpha value is -1.69. The van der Waals surface area contributed by atoms with E-state index >= 15 is 0 Å². The summed E-state index contributed by atoms with van der Waals surface area (Å²) >= 11 is 0. The van der Waals surface area contributed by atoms with Gasteiger partial charge in [0, 0.05) is 17.7 Å². The Morgan fingerprint density at radius 1 is 1.35 bits per heavy atom. The lowest BCUT2D eigenvalue weighted by atomic mass is 10.0. The van der Waals surface area contributed by atoms with Crippen LogP contribution in [0.3, 0.4) is 0 Å². The normalized spacial score (nSPS) is 12.1. The van der Waals surface area contributed by atoms with E-state index in [2.05, 4.69) is 5.32 Å². The fraction of sp³-hybridized carbons (Fsp3) is 0.500. The average molecular weight is 286 g/mol. The zero-order chi connectivity index (χ0) is 15.4. The lowest BCUT2D eigenvalue weighted by molar-refractivity contribution is -0.0107. The van der Waals surface area contributed by atoms with E-state index < -0.39 is 24.0 Å². The summed E-state index contributed by atoms with van der Waals surface area (Å²) in [6.45, 7) is 5.05. The van der Waals surface area contributed by atoms with Gasteiger partial charge in [-0.3, -0.25) is 5.32 Å². The van der Waals surface area contributed by atoms with E-state index in [4.69, 9.17) is 10.5 Å². The van der Waals surface area contributed by atoms with E-state index in [-0.39, 0.29) is 17.8 Å². The van der Waals surface area contributed by atoms with Crippen LogP contribution in [0.5, 0.6) is 0 Å². The third-order valence-corrected chi connectivity index (χ3v) is 2.39. The van der Waals surface area contributed by atoms with Crippen LogP contribution in [0.25, 0.3) is 0 Å². The number of alkyl halides is 2. The van der Waals surface area contributed by atoms with E-state index in [1.807, 2.05) is 0 Å². The molecule has 1 aromatic carbocycles. The van der Waals surface area contributed by atoms with E-state index in [0.29, 0.717) is 0 Å². The summed E-state index contributed by atoms with van der Waals surface area (Å²) in [5.41, 5.74) is 4.60. The Morgan fingerprint density at radius 2 is 2.00 bits per heavy atom. The molecule has 0 aliphatic rings. The molecule has 0 aliphatic carbocycles. The van der Waals surface area contributed by atoms with Gasteiger partial charge in [-0.2, -0.15) is 0 Å². The minimum absolute atomic E-state index is 0.114. The van der Waals surface area contributed by atoms with Gasteiger partial charge >= 0.3 is 6.09 Å². The Labute approximate surface area is 117 Å². The van der Waals surface area contributed by atoms with Crippen molar-refractivity contribution >= 4 is 11.8 Å². The summed E-state index contributed by atoms with van der Waals surface area (Å²) in [5.74, 6) is -3.01. The van der Waals surface area contributed by atoms with Gasteiger partial charge in [-0.25, -0.2) is 13.6 Å². The molecule has 3 N–H and O–H groups in total. The van der Waals surface area contributed by atoms with Crippen LogP contribution in [0.15, 0.2) is 24.3 Å². The molecule has 1 rings (SSSR count). The molecule has 0 radical (unpaired) electrons. The van der Waals surface area contributed by atoms with Crippen LogP contribution in [0.4, 0.5) is 19.3 Å². The molecule has 6 heteroatoms. The number of nitrogens with one attached hydrogen (secondary N) is 1. The zero-order valence-electron chi connectivity index (χ0n) is 11.9. The van der Waals surface area contributed by atoms with Gasteiger partial charge in [-0.05, 0) is 39.4 Å². The van der Waals surface area contributed by atoms with Gasteiger partial charge < -0.3 is 10.5 Å². The second kappa shape index (κ2) is 6.17. The lowest BCUT2D eigenvalue weighted by Crippen LogP contribution is -2.27. The van der Waals surface area contributed by atoms with Gasteiger partial charge in [0.2, 0.25) is 0 Å². The highest BCUT2D eigenvalue weighted by atomic mass is 19.3. The molecule has 0 fully saturated rings. The first kappa shape index (κ1) is 16.4. The van der Waals surface area contributed by atoms with Crippen molar-refractivity contribution in [1.29, 1.82) is 0 Å². The number of benzene rings is 1. The van der Waals surface area contributed by atoms with Crippen LogP contribution in [0.1, 0.15) is 32.8 Å². The van der Waals surface area contributed by atoms with E-state index in [0.717, 1.165) is 0 Å². The van der Waals surface area contributed by atoms with Crippen LogP contribution < -0.4 is 11.1 Å². The standard InChI is InChI=1S/C14H20F2N2O2/c1-13(2,3)20-12(19)18-11-6-4-5-10(9-11)14(15,16)7-8-17/h4-6,9H,7-8,17H2,1-3H3,(H,18,19). The van der Waals surface area contributed by atoms with Gasteiger partial charge in [-0.1, -0.05) is 12.1 Å². The van der Waals surface area contributed by atoms with Crippen LogP contribution in [0, 0.1) is 0 Å². The van der Waals surface area contributed by atoms with E-state index in [1.54, 1.807) is 20.8 Å². The van der Waals surface area contributed by atoms with Crippen LogP contribution in [-0.2, 0) is 10.7 Å². The van der Waals surface area contributed by atoms with E-state index in [9.17, 15) is 13.6 Å². The molecule has 112 valence electrons. The number of hydrogen-bond donors (Lipinski definition) is 2. The number of carbonyl (C=O) groups is 1.